The average Bonchev–Trinajstić information content (AvgIpc) is 3.11. The summed E-state index contributed by atoms with van der Waals surface area (Å²) in [6.07, 6.45) is 0. The molecule has 0 fully saturated rings. The number of hydrogen-bond donors (Lipinski definition) is 0. The third kappa shape index (κ3) is 3.67. The summed E-state index contributed by atoms with van der Waals surface area (Å²) in [6.45, 7) is 0. The SMILES string of the molecule is c1ccc(-c2nc(-c3ccccc3)nc(N3c4ccccc4-c4ccccc4-c4ccccc43)n2)cc1. The molecule has 1 aliphatic rings. The minimum absolute atomic E-state index is 0.584. The number of hydrogen-bond acceptors (Lipinski definition) is 4. The molecule has 0 atom stereocenters. The van der Waals surface area contributed by atoms with Crippen LogP contribution in [0.2, 0.25) is 0 Å². The maximum absolute atomic E-state index is 5.06. The van der Waals surface area contributed by atoms with Crippen LogP contribution in [0, 0.1) is 0 Å². The molecule has 0 unspecified atom stereocenters. The van der Waals surface area contributed by atoms with E-state index in [0.29, 0.717) is 17.6 Å². The van der Waals surface area contributed by atoms with Crippen molar-refractivity contribution in [3.05, 3.63) is 133 Å². The van der Waals surface area contributed by atoms with Crippen molar-refractivity contribution in [3.63, 3.8) is 0 Å². The second-order valence-corrected chi connectivity index (χ2v) is 8.93. The van der Waals surface area contributed by atoms with Crippen LogP contribution in [0.5, 0.6) is 0 Å². The molecule has 6 aromatic rings. The van der Waals surface area contributed by atoms with Gasteiger partial charge >= 0.3 is 0 Å². The fourth-order valence-electron chi connectivity index (χ4n) is 4.99. The molecule has 37 heavy (non-hydrogen) atoms. The van der Waals surface area contributed by atoms with Gasteiger partial charge in [0.1, 0.15) is 0 Å². The highest BCUT2D eigenvalue weighted by Gasteiger charge is 2.28. The van der Waals surface area contributed by atoms with Crippen LogP contribution in [0.3, 0.4) is 0 Å². The molecule has 2 heterocycles. The fourth-order valence-corrected chi connectivity index (χ4v) is 4.99. The van der Waals surface area contributed by atoms with Gasteiger partial charge in [-0.15, -0.1) is 0 Å². The van der Waals surface area contributed by atoms with Crippen LogP contribution in [-0.4, -0.2) is 15.0 Å². The van der Waals surface area contributed by atoms with E-state index in [4.69, 9.17) is 15.0 Å². The van der Waals surface area contributed by atoms with E-state index >= 15 is 0 Å². The number of para-hydroxylation sites is 2. The maximum Gasteiger partial charge on any atom is 0.238 e. The van der Waals surface area contributed by atoms with Crippen molar-refractivity contribution in [2.24, 2.45) is 0 Å². The van der Waals surface area contributed by atoms with Crippen LogP contribution in [0.15, 0.2) is 133 Å². The lowest BCUT2D eigenvalue weighted by Crippen LogP contribution is -2.16. The summed E-state index contributed by atoms with van der Waals surface area (Å²) in [5.41, 5.74) is 8.61. The predicted octanol–water partition coefficient (Wildman–Crippen LogP) is 8.32. The Balaban J connectivity index is 1.55. The van der Waals surface area contributed by atoms with E-state index in [-0.39, 0.29) is 0 Å². The zero-order valence-electron chi connectivity index (χ0n) is 20.0. The second kappa shape index (κ2) is 8.85. The van der Waals surface area contributed by atoms with E-state index in [1.165, 1.54) is 11.1 Å². The number of nitrogens with zero attached hydrogens (tertiary/aromatic N) is 4. The summed E-state index contributed by atoms with van der Waals surface area (Å²) in [6, 6.07) is 45.7. The van der Waals surface area contributed by atoms with Gasteiger partial charge in [0.2, 0.25) is 5.95 Å². The summed E-state index contributed by atoms with van der Waals surface area (Å²) >= 11 is 0. The first kappa shape index (κ1) is 21.2. The van der Waals surface area contributed by atoms with Crippen LogP contribution < -0.4 is 4.90 Å². The number of rotatable bonds is 3. The highest BCUT2D eigenvalue weighted by Crippen LogP contribution is 2.49. The molecule has 4 nitrogen and oxygen atoms in total. The van der Waals surface area contributed by atoms with Crippen molar-refractivity contribution in [1.29, 1.82) is 0 Å². The predicted molar refractivity (Wildman–Crippen MR) is 150 cm³/mol. The molecule has 0 spiro atoms. The van der Waals surface area contributed by atoms with Gasteiger partial charge in [0.05, 0.1) is 11.4 Å². The fraction of sp³-hybridized carbons (Fsp3) is 0. The highest BCUT2D eigenvalue weighted by atomic mass is 15.3. The zero-order chi connectivity index (χ0) is 24.6. The van der Waals surface area contributed by atoms with E-state index in [1.54, 1.807) is 0 Å². The molecule has 4 heteroatoms. The molecule has 0 saturated carbocycles. The largest absolute Gasteiger partial charge is 0.278 e. The van der Waals surface area contributed by atoms with Crippen molar-refractivity contribution in [2.75, 3.05) is 4.90 Å². The van der Waals surface area contributed by atoms with E-state index in [9.17, 15) is 0 Å². The van der Waals surface area contributed by atoms with Crippen LogP contribution in [0.1, 0.15) is 0 Å². The summed E-state index contributed by atoms with van der Waals surface area (Å²) in [5.74, 6) is 1.86. The topological polar surface area (TPSA) is 41.9 Å². The lowest BCUT2D eigenvalue weighted by molar-refractivity contribution is 1.02. The molecular formula is C33H22N4. The lowest BCUT2D eigenvalue weighted by atomic mass is 9.95. The van der Waals surface area contributed by atoms with E-state index in [1.807, 2.05) is 60.7 Å². The van der Waals surface area contributed by atoms with E-state index in [2.05, 4.69) is 77.7 Å². The van der Waals surface area contributed by atoms with Crippen molar-refractivity contribution >= 4 is 17.3 Å². The smallest absolute Gasteiger partial charge is 0.238 e. The zero-order valence-corrected chi connectivity index (χ0v) is 20.0. The highest BCUT2D eigenvalue weighted by molar-refractivity contribution is 6.01. The molecule has 7 rings (SSSR count). The normalized spacial score (nSPS) is 11.7. The number of anilines is 3. The second-order valence-electron chi connectivity index (χ2n) is 8.93. The summed E-state index contributed by atoms with van der Waals surface area (Å²) in [4.78, 5) is 17.2. The van der Waals surface area contributed by atoms with E-state index in [0.717, 1.165) is 33.6 Å². The Morgan fingerprint density at radius 2 is 0.730 bits per heavy atom. The van der Waals surface area contributed by atoms with E-state index < -0.39 is 0 Å². The Morgan fingerprint density at radius 3 is 1.19 bits per heavy atom. The van der Waals surface area contributed by atoms with Crippen molar-refractivity contribution in [3.8, 4) is 45.0 Å². The minimum atomic E-state index is 0.584. The molecule has 0 amide bonds. The first-order chi connectivity index (χ1) is 18.4. The van der Waals surface area contributed by atoms with Crippen molar-refractivity contribution in [1.82, 2.24) is 15.0 Å². The first-order valence-electron chi connectivity index (χ1n) is 12.3. The Bertz CT molecular complexity index is 1600. The first-order valence-corrected chi connectivity index (χ1v) is 12.3. The van der Waals surface area contributed by atoms with Gasteiger partial charge in [-0.25, -0.2) is 4.98 Å². The molecule has 1 aliphatic heterocycles. The quantitative estimate of drug-likeness (QED) is 0.258. The average molecular weight is 475 g/mol. The summed E-state index contributed by atoms with van der Waals surface area (Å²) in [5, 5.41) is 0. The lowest BCUT2D eigenvalue weighted by Gasteiger charge is -2.25. The van der Waals surface area contributed by atoms with Gasteiger partial charge in [-0.2, -0.15) is 9.97 Å². The summed E-state index contributed by atoms with van der Waals surface area (Å²) < 4.78 is 0. The van der Waals surface area contributed by atoms with Gasteiger partial charge < -0.3 is 0 Å². The number of benzene rings is 5. The van der Waals surface area contributed by atoms with Gasteiger partial charge in [0.15, 0.2) is 11.6 Å². The number of aromatic nitrogens is 3. The van der Waals surface area contributed by atoms with Gasteiger partial charge in [-0.1, -0.05) is 121 Å². The minimum Gasteiger partial charge on any atom is -0.278 e. The third-order valence-electron chi connectivity index (χ3n) is 6.68. The molecule has 0 aliphatic carbocycles. The molecule has 0 N–H and O–H groups in total. The Hall–Kier alpha value is -5.09. The molecule has 0 saturated heterocycles. The molecule has 174 valence electrons. The van der Waals surface area contributed by atoms with Crippen molar-refractivity contribution in [2.45, 2.75) is 0 Å². The molecule has 0 bridgehead atoms. The number of fused-ring (bicyclic) bond motifs is 5. The third-order valence-corrected chi connectivity index (χ3v) is 6.68. The van der Waals surface area contributed by atoms with Gasteiger partial charge in [0, 0.05) is 22.3 Å². The maximum atomic E-state index is 5.06. The summed E-state index contributed by atoms with van der Waals surface area (Å²) in [7, 11) is 0. The van der Waals surface area contributed by atoms with Crippen molar-refractivity contribution < 1.29 is 0 Å². The molecular weight excluding hydrogens is 452 g/mol. The molecule has 1 aromatic heterocycles. The van der Waals surface area contributed by atoms with Gasteiger partial charge in [-0.05, 0) is 23.3 Å². The molecule has 5 aromatic carbocycles. The van der Waals surface area contributed by atoms with Crippen LogP contribution in [-0.2, 0) is 0 Å². The Kier molecular flexibility index (Phi) is 5.07. The van der Waals surface area contributed by atoms with Gasteiger partial charge in [0.25, 0.3) is 0 Å². The van der Waals surface area contributed by atoms with Crippen LogP contribution in [0.25, 0.3) is 45.0 Å². The monoisotopic (exact) mass is 474 g/mol. The molecule has 0 radical (unpaired) electrons. The Morgan fingerprint density at radius 1 is 0.351 bits per heavy atom. The van der Waals surface area contributed by atoms with Gasteiger partial charge in [-0.3, -0.25) is 4.90 Å². The standard InChI is InChI=1S/C33H22N4/c1-3-13-23(14-4-1)31-34-32(24-15-5-2-6-16-24)36-33(35-31)37-29-21-11-9-19-27(29)25-17-7-8-18-26(25)28-20-10-12-22-30(28)37/h1-22H. The van der Waals surface area contributed by atoms with Crippen LogP contribution >= 0.6 is 0 Å². The Labute approximate surface area is 215 Å². The van der Waals surface area contributed by atoms with Crippen LogP contribution in [0.4, 0.5) is 17.3 Å².